The van der Waals surface area contributed by atoms with Crippen molar-refractivity contribution in [1.29, 1.82) is 0 Å². The maximum atomic E-state index is 5.20. The molecule has 3 nitrogen and oxygen atoms in total. The summed E-state index contributed by atoms with van der Waals surface area (Å²) in [6.45, 7) is 4.74. The fourth-order valence-electron chi connectivity index (χ4n) is 10.0. The average Bonchev–Trinajstić information content (AvgIpc) is 3.71. The zero-order valence-electron chi connectivity index (χ0n) is 32.6. The number of nitrogens with zero attached hydrogens (tertiary/aromatic N) is 3. The van der Waals surface area contributed by atoms with Crippen LogP contribution in [0.25, 0.3) is 67.5 Å². The van der Waals surface area contributed by atoms with E-state index in [0.717, 1.165) is 22.3 Å². The molecular weight excluding hydrogens is 735 g/mol. The maximum Gasteiger partial charge on any atom is 0.164 e. The number of rotatable bonds is 4. The van der Waals surface area contributed by atoms with E-state index in [2.05, 4.69) is 178 Å². The Bertz CT molecular complexity index is 3110. The molecule has 0 amide bonds. The van der Waals surface area contributed by atoms with Crippen LogP contribution in [0.15, 0.2) is 198 Å². The van der Waals surface area contributed by atoms with Crippen LogP contribution in [0.1, 0.15) is 47.2 Å². The van der Waals surface area contributed by atoms with Gasteiger partial charge in [-0.3, -0.25) is 0 Å². The summed E-state index contributed by atoms with van der Waals surface area (Å²) in [6.07, 6.45) is 0. The van der Waals surface area contributed by atoms with Gasteiger partial charge < -0.3 is 0 Å². The molecule has 2 heterocycles. The highest BCUT2D eigenvalue weighted by atomic mass is 32.2. The highest BCUT2D eigenvalue weighted by Crippen LogP contribution is 2.64. The van der Waals surface area contributed by atoms with E-state index in [9.17, 15) is 0 Å². The van der Waals surface area contributed by atoms with Crippen molar-refractivity contribution < 1.29 is 0 Å². The third-order valence-corrected chi connectivity index (χ3v) is 14.0. The lowest BCUT2D eigenvalue weighted by Gasteiger charge is -2.40. The molecule has 0 N–H and O–H groups in total. The van der Waals surface area contributed by atoms with Crippen LogP contribution in [0.2, 0.25) is 0 Å². The van der Waals surface area contributed by atoms with Crippen molar-refractivity contribution in [2.24, 2.45) is 0 Å². The molecule has 0 radical (unpaired) electrons. The molecule has 278 valence electrons. The largest absolute Gasteiger partial charge is 0.208 e. The van der Waals surface area contributed by atoms with E-state index in [1.54, 1.807) is 0 Å². The third kappa shape index (κ3) is 5.00. The molecule has 0 bridgehead atoms. The average molecular weight is 772 g/mol. The highest BCUT2D eigenvalue weighted by molar-refractivity contribution is 7.99. The summed E-state index contributed by atoms with van der Waals surface area (Å²) in [6, 6.07) is 68.2. The van der Waals surface area contributed by atoms with Crippen molar-refractivity contribution in [2.75, 3.05) is 0 Å². The fraction of sp³-hybridized carbons (Fsp3) is 0.0727. The first-order chi connectivity index (χ1) is 29.0. The van der Waals surface area contributed by atoms with Crippen LogP contribution in [0, 0.1) is 0 Å². The standard InChI is InChI=1S/C55H37N3S/c1-54(2)43-30-29-38(53-57-51(36-17-7-4-8-18-36)56-52(58-53)37-27-25-35(26-28-37)34-15-5-3-6-16-34)31-41(43)42-32-48-50(33-47(42)54)59-49-24-14-13-23-46(49)55(48)44-21-11-9-19-39(44)40-20-10-12-22-45(40)55/h3-33H,1-2H3. The summed E-state index contributed by atoms with van der Waals surface area (Å²) in [5, 5.41) is 0. The van der Waals surface area contributed by atoms with E-state index < -0.39 is 5.41 Å². The van der Waals surface area contributed by atoms with E-state index in [1.165, 1.54) is 71.0 Å². The van der Waals surface area contributed by atoms with E-state index in [1.807, 2.05) is 36.0 Å². The van der Waals surface area contributed by atoms with Crippen molar-refractivity contribution in [1.82, 2.24) is 15.0 Å². The molecule has 1 aliphatic heterocycles. The van der Waals surface area contributed by atoms with E-state index >= 15 is 0 Å². The summed E-state index contributed by atoms with van der Waals surface area (Å²) in [4.78, 5) is 18.0. The minimum Gasteiger partial charge on any atom is -0.208 e. The Morgan fingerprint density at radius 3 is 1.46 bits per heavy atom. The smallest absolute Gasteiger partial charge is 0.164 e. The highest BCUT2D eigenvalue weighted by Gasteiger charge is 2.51. The molecule has 3 aliphatic rings. The van der Waals surface area contributed by atoms with Gasteiger partial charge in [-0.2, -0.15) is 0 Å². The Labute approximate surface area is 348 Å². The van der Waals surface area contributed by atoms with Gasteiger partial charge in [0.25, 0.3) is 0 Å². The minimum absolute atomic E-state index is 0.200. The predicted molar refractivity (Wildman–Crippen MR) is 241 cm³/mol. The second-order valence-corrected chi connectivity index (χ2v) is 17.4. The third-order valence-electron chi connectivity index (χ3n) is 12.8. The van der Waals surface area contributed by atoms with Gasteiger partial charge in [0.2, 0.25) is 0 Å². The molecule has 2 aliphatic carbocycles. The van der Waals surface area contributed by atoms with Crippen LogP contribution in [-0.4, -0.2) is 15.0 Å². The summed E-state index contributed by atoms with van der Waals surface area (Å²) < 4.78 is 0. The number of fused-ring (bicyclic) bond motifs is 12. The summed E-state index contributed by atoms with van der Waals surface area (Å²) in [7, 11) is 0. The lowest BCUT2D eigenvalue weighted by atomic mass is 9.66. The quantitative estimate of drug-likeness (QED) is 0.179. The molecule has 1 aromatic heterocycles. The van der Waals surface area contributed by atoms with Gasteiger partial charge in [-0.15, -0.1) is 0 Å². The topological polar surface area (TPSA) is 38.7 Å². The molecule has 0 saturated carbocycles. The Balaban J connectivity index is 1.05. The number of hydrogen-bond donors (Lipinski definition) is 0. The van der Waals surface area contributed by atoms with Crippen LogP contribution in [0.5, 0.6) is 0 Å². The second-order valence-electron chi connectivity index (χ2n) is 16.3. The fourth-order valence-corrected chi connectivity index (χ4v) is 11.2. The molecule has 4 heteroatoms. The van der Waals surface area contributed by atoms with Crippen molar-refractivity contribution in [2.45, 2.75) is 34.5 Å². The summed E-state index contributed by atoms with van der Waals surface area (Å²) in [5.41, 5.74) is 17.8. The lowest BCUT2D eigenvalue weighted by molar-refractivity contribution is 0.654. The molecule has 0 saturated heterocycles. The first-order valence-electron chi connectivity index (χ1n) is 20.3. The first-order valence-corrected chi connectivity index (χ1v) is 21.1. The Hall–Kier alpha value is -6.88. The van der Waals surface area contributed by atoms with Gasteiger partial charge in [-0.05, 0) is 91.0 Å². The second kappa shape index (κ2) is 12.8. The normalized spacial score (nSPS) is 14.5. The van der Waals surface area contributed by atoms with Crippen molar-refractivity contribution >= 4 is 11.8 Å². The summed E-state index contributed by atoms with van der Waals surface area (Å²) in [5.74, 6) is 1.97. The lowest BCUT2D eigenvalue weighted by Crippen LogP contribution is -2.32. The van der Waals surface area contributed by atoms with Crippen molar-refractivity contribution in [3.63, 3.8) is 0 Å². The monoisotopic (exact) mass is 771 g/mol. The molecule has 8 aromatic carbocycles. The zero-order chi connectivity index (χ0) is 39.3. The number of aromatic nitrogens is 3. The Morgan fingerprint density at radius 2 is 0.797 bits per heavy atom. The van der Waals surface area contributed by atoms with E-state index in [-0.39, 0.29) is 5.41 Å². The van der Waals surface area contributed by atoms with Crippen molar-refractivity contribution in [3.8, 4) is 67.5 Å². The Morgan fingerprint density at radius 1 is 0.322 bits per heavy atom. The maximum absolute atomic E-state index is 5.20. The van der Waals surface area contributed by atoms with Gasteiger partial charge in [-0.25, -0.2) is 15.0 Å². The minimum atomic E-state index is -0.437. The van der Waals surface area contributed by atoms with Crippen LogP contribution in [0.3, 0.4) is 0 Å². The van der Waals surface area contributed by atoms with Gasteiger partial charge >= 0.3 is 0 Å². The van der Waals surface area contributed by atoms with Crippen LogP contribution < -0.4 is 0 Å². The molecule has 59 heavy (non-hydrogen) atoms. The van der Waals surface area contributed by atoms with Crippen LogP contribution in [0.4, 0.5) is 0 Å². The number of benzene rings is 8. The van der Waals surface area contributed by atoms with Gasteiger partial charge in [0, 0.05) is 31.9 Å². The molecular formula is C55H37N3S. The van der Waals surface area contributed by atoms with Crippen LogP contribution >= 0.6 is 11.8 Å². The molecule has 12 rings (SSSR count). The van der Waals surface area contributed by atoms with E-state index in [0.29, 0.717) is 17.5 Å². The van der Waals surface area contributed by atoms with Gasteiger partial charge in [-0.1, -0.05) is 189 Å². The molecule has 0 atom stereocenters. The van der Waals surface area contributed by atoms with E-state index in [4.69, 9.17) is 15.0 Å². The first kappa shape index (κ1) is 34.2. The van der Waals surface area contributed by atoms with Gasteiger partial charge in [0.1, 0.15) is 0 Å². The van der Waals surface area contributed by atoms with Gasteiger partial charge in [0.15, 0.2) is 17.5 Å². The van der Waals surface area contributed by atoms with Crippen LogP contribution in [-0.2, 0) is 10.8 Å². The zero-order valence-corrected chi connectivity index (χ0v) is 33.5. The molecule has 0 unspecified atom stereocenters. The predicted octanol–water partition coefficient (Wildman–Crippen LogP) is 13.7. The molecule has 1 spiro atoms. The van der Waals surface area contributed by atoms with Crippen molar-refractivity contribution in [3.05, 3.63) is 221 Å². The number of hydrogen-bond acceptors (Lipinski definition) is 4. The summed E-state index contributed by atoms with van der Waals surface area (Å²) >= 11 is 1.91. The SMILES string of the molecule is CC1(C)c2ccc(-c3nc(-c4ccccc4)nc(-c4ccc(-c5ccccc5)cc4)n3)cc2-c2cc3c(cc21)Sc1ccccc1C31c2ccccc2-c2ccccc21. The molecule has 0 fully saturated rings. The molecule has 9 aromatic rings. The Kier molecular flexibility index (Phi) is 7.42. The van der Waals surface area contributed by atoms with Gasteiger partial charge in [0.05, 0.1) is 5.41 Å².